The summed E-state index contributed by atoms with van der Waals surface area (Å²) in [5.74, 6) is -0.638. The first kappa shape index (κ1) is 21.1. The minimum Gasteiger partial charge on any atom is -0.326 e. The SMILES string of the molecule is CCN1C(=O)C(CC(=O)Nc2ccc(C)cc2)SC1=NS(=O)(=O)c1ccccc1. The van der Waals surface area contributed by atoms with Crippen LogP contribution in [0.2, 0.25) is 0 Å². The molecule has 0 spiro atoms. The topological polar surface area (TPSA) is 95.9 Å². The summed E-state index contributed by atoms with van der Waals surface area (Å²) in [7, 11) is -3.94. The Morgan fingerprint density at radius 2 is 1.79 bits per heavy atom. The van der Waals surface area contributed by atoms with Crippen LogP contribution in [0.15, 0.2) is 63.9 Å². The Kier molecular flexibility index (Phi) is 6.39. The van der Waals surface area contributed by atoms with Gasteiger partial charge in [0.15, 0.2) is 5.17 Å². The molecule has 0 saturated carbocycles. The van der Waals surface area contributed by atoms with E-state index >= 15 is 0 Å². The Morgan fingerprint density at radius 3 is 2.41 bits per heavy atom. The maximum absolute atomic E-state index is 12.7. The molecule has 1 atom stereocenters. The van der Waals surface area contributed by atoms with E-state index in [1.165, 1.54) is 17.0 Å². The number of hydrogen-bond donors (Lipinski definition) is 1. The van der Waals surface area contributed by atoms with Gasteiger partial charge in [-0.15, -0.1) is 4.40 Å². The third kappa shape index (κ3) is 5.04. The number of amides is 2. The van der Waals surface area contributed by atoms with Crippen LogP contribution in [0.3, 0.4) is 0 Å². The molecule has 1 heterocycles. The molecule has 3 rings (SSSR count). The Bertz CT molecular complexity index is 1040. The van der Waals surface area contributed by atoms with Crippen LogP contribution in [-0.4, -0.2) is 42.1 Å². The number of anilines is 1. The van der Waals surface area contributed by atoms with Crippen LogP contribution in [0, 0.1) is 6.92 Å². The Balaban J connectivity index is 1.74. The Hall–Kier alpha value is -2.65. The second kappa shape index (κ2) is 8.79. The molecular formula is C20H21N3O4S2. The number of rotatable bonds is 6. The predicted molar refractivity (Wildman–Crippen MR) is 114 cm³/mol. The normalized spacial score (nSPS) is 18.3. The molecule has 7 nitrogen and oxygen atoms in total. The Morgan fingerprint density at radius 1 is 1.14 bits per heavy atom. The molecule has 2 aromatic carbocycles. The molecule has 1 N–H and O–H groups in total. The lowest BCUT2D eigenvalue weighted by Gasteiger charge is -2.13. The van der Waals surface area contributed by atoms with E-state index in [0.717, 1.165) is 17.3 Å². The number of nitrogens with zero attached hydrogens (tertiary/aromatic N) is 2. The molecular weight excluding hydrogens is 410 g/mol. The number of nitrogens with one attached hydrogen (secondary N) is 1. The van der Waals surface area contributed by atoms with Gasteiger partial charge in [0.25, 0.3) is 10.0 Å². The van der Waals surface area contributed by atoms with Gasteiger partial charge in [-0.1, -0.05) is 47.7 Å². The molecule has 1 saturated heterocycles. The first-order valence-corrected chi connectivity index (χ1v) is 11.4. The van der Waals surface area contributed by atoms with Crippen molar-refractivity contribution in [2.24, 2.45) is 4.40 Å². The van der Waals surface area contributed by atoms with Crippen LogP contribution in [0.1, 0.15) is 18.9 Å². The standard InChI is InChI=1S/C20H21N3O4S2/c1-3-23-19(25)17(13-18(24)21-15-11-9-14(2)10-12-15)28-20(23)22-29(26,27)16-7-5-4-6-8-16/h4-12,17H,3,13H2,1-2H3,(H,21,24). The highest BCUT2D eigenvalue weighted by atomic mass is 32.2. The number of carbonyl (C=O) groups is 2. The third-order valence-corrected chi connectivity index (χ3v) is 6.85. The molecule has 0 radical (unpaired) electrons. The molecule has 0 aromatic heterocycles. The summed E-state index contributed by atoms with van der Waals surface area (Å²) in [6, 6.07) is 15.1. The van der Waals surface area contributed by atoms with Crippen molar-refractivity contribution in [3.05, 3.63) is 60.2 Å². The molecule has 9 heteroatoms. The highest BCUT2D eigenvalue weighted by molar-refractivity contribution is 8.16. The molecule has 29 heavy (non-hydrogen) atoms. The van der Waals surface area contributed by atoms with Gasteiger partial charge in [-0.05, 0) is 38.1 Å². The van der Waals surface area contributed by atoms with Crippen LogP contribution in [0.25, 0.3) is 0 Å². The van der Waals surface area contributed by atoms with Gasteiger partial charge < -0.3 is 5.32 Å². The van der Waals surface area contributed by atoms with E-state index in [1.54, 1.807) is 37.3 Å². The van der Waals surface area contributed by atoms with Crippen molar-refractivity contribution in [2.45, 2.75) is 30.4 Å². The fraction of sp³-hybridized carbons (Fsp3) is 0.250. The zero-order valence-corrected chi connectivity index (χ0v) is 17.7. The Labute approximate surface area is 174 Å². The summed E-state index contributed by atoms with van der Waals surface area (Å²) in [5, 5.41) is 2.13. The molecule has 152 valence electrons. The predicted octanol–water partition coefficient (Wildman–Crippen LogP) is 3.03. The average molecular weight is 432 g/mol. The second-order valence-electron chi connectivity index (χ2n) is 6.47. The lowest BCUT2D eigenvalue weighted by Crippen LogP contribution is -2.33. The summed E-state index contributed by atoms with van der Waals surface area (Å²) < 4.78 is 28.9. The fourth-order valence-electron chi connectivity index (χ4n) is 2.77. The maximum Gasteiger partial charge on any atom is 0.284 e. The zero-order chi connectivity index (χ0) is 21.0. The maximum atomic E-state index is 12.7. The highest BCUT2D eigenvalue weighted by Gasteiger charge is 2.39. The van der Waals surface area contributed by atoms with Crippen molar-refractivity contribution >= 4 is 44.5 Å². The van der Waals surface area contributed by atoms with Crippen molar-refractivity contribution < 1.29 is 18.0 Å². The first-order valence-electron chi connectivity index (χ1n) is 9.04. The van der Waals surface area contributed by atoms with Gasteiger partial charge in [-0.2, -0.15) is 8.42 Å². The van der Waals surface area contributed by atoms with Gasteiger partial charge in [0.1, 0.15) is 5.25 Å². The minimum atomic E-state index is -3.94. The van der Waals surface area contributed by atoms with Crippen LogP contribution < -0.4 is 5.32 Å². The van der Waals surface area contributed by atoms with Crippen molar-refractivity contribution in [3.63, 3.8) is 0 Å². The molecule has 0 aliphatic carbocycles. The zero-order valence-electron chi connectivity index (χ0n) is 16.0. The quantitative estimate of drug-likeness (QED) is 0.758. The smallest absolute Gasteiger partial charge is 0.284 e. The lowest BCUT2D eigenvalue weighted by molar-refractivity contribution is -0.128. The minimum absolute atomic E-state index is 0.0529. The number of benzene rings is 2. The molecule has 2 amide bonds. The molecule has 2 aromatic rings. The van der Waals surface area contributed by atoms with E-state index in [1.807, 2.05) is 19.1 Å². The summed E-state index contributed by atoms with van der Waals surface area (Å²) >= 11 is 1.00. The number of hydrogen-bond acceptors (Lipinski definition) is 5. The van der Waals surface area contributed by atoms with Crippen LogP contribution in [0.5, 0.6) is 0 Å². The lowest BCUT2D eigenvalue weighted by atomic mass is 10.2. The van der Waals surface area contributed by atoms with Gasteiger partial charge >= 0.3 is 0 Å². The van der Waals surface area contributed by atoms with Crippen LogP contribution in [-0.2, 0) is 19.6 Å². The number of thioether (sulfide) groups is 1. The van der Waals surface area contributed by atoms with E-state index in [0.29, 0.717) is 5.69 Å². The van der Waals surface area contributed by atoms with E-state index in [2.05, 4.69) is 9.71 Å². The van der Waals surface area contributed by atoms with Crippen molar-refractivity contribution in [1.29, 1.82) is 0 Å². The molecule has 1 fully saturated rings. The van der Waals surface area contributed by atoms with Crippen molar-refractivity contribution in [2.75, 3.05) is 11.9 Å². The summed E-state index contributed by atoms with van der Waals surface area (Å²) in [4.78, 5) is 26.4. The van der Waals surface area contributed by atoms with Gasteiger partial charge in [0, 0.05) is 18.7 Å². The fourth-order valence-corrected chi connectivity index (χ4v) is 5.21. The largest absolute Gasteiger partial charge is 0.326 e. The highest BCUT2D eigenvalue weighted by Crippen LogP contribution is 2.31. The van der Waals surface area contributed by atoms with Gasteiger partial charge in [0.05, 0.1) is 4.90 Å². The van der Waals surface area contributed by atoms with Gasteiger partial charge in [0.2, 0.25) is 11.8 Å². The molecule has 1 unspecified atom stereocenters. The van der Waals surface area contributed by atoms with Crippen molar-refractivity contribution in [3.8, 4) is 0 Å². The summed E-state index contributed by atoms with van der Waals surface area (Å²) in [6.45, 7) is 3.95. The second-order valence-corrected chi connectivity index (χ2v) is 9.24. The number of sulfonamides is 1. The summed E-state index contributed by atoms with van der Waals surface area (Å²) in [6.07, 6.45) is -0.0711. The van der Waals surface area contributed by atoms with Crippen LogP contribution >= 0.6 is 11.8 Å². The number of amidine groups is 1. The van der Waals surface area contributed by atoms with Gasteiger partial charge in [-0.3, -0.25) is 14.5 Å². The van der Waals surface area contributed by atoms with Crippen LogP contribution in [0.4, 0.5) is 5.69 Å². The molecule has 0 bridgehead atoms. The number of aryl methyl sites for hydroxylation is 1. The molecule has 1 aliphatic rings. The van der Waals surface area contributed by atoms with E-state index in [4.69, 9.17) is 0 Å². The number of carbonyl (C=O) groups excluding carboxylic acids is 2. The van der Waals surface area contributed by atoms with Gasteiger partial charge in [-0.25, -0.2) is 0 Å². The average Bonchev–Trinajstić information content (AvgIpc) is 2.97. The first-order chi connectivity index (χ1) is 13.8. The monoisotopic (exact) mass is 431 g/mol. The van der Waals surface area contributed by atoms with E-state index in [-0.39, 0.29) is 34.8 Å². The van der Waals surface area contributed by atoms with Crippen molar-refractivity contribution in [1.82, 2.24) is 4.90 Å². The van der Waals surface area contributed by atoms with E-state index in [9.17, 15) is 18.0 Å². The van der Waals surface area contributed by atoms with E-state index < -0.39 is 15.3 Å². The molecule has 1 aliphatic heterocycles. The summed E-state index contributed by atoms with van der Waals surface area (Å²) in [5.41, 5.74) is 1.72. The third-order valence-electron chi connectivity index (χ3n) is 4.28.